The Bertz CT molecular complexity index is 431. The van der Waals surface area contributed by atoms with Crippen LogP contribution >= 0.6 is 11.3 Å². The first-order chi connectivity index (χ1) is 8.86. The number of aliphatic hydroxyl groups excluding tert-OH is 1. The normalized spacial score (nSPS) is 11.4. The molecular weight excluding hydrogens is 266 g/mol. The number of aliphatic hydroxyl groups is 1. The Kier molecular flexibility index (Phi) is 5.46. The van der Waals surface area contributed by atoms with Crippen molar-refractivity contribution in [3.8, 4) is 0 Å². The number of nitrogens with one attached hydrogen (secondary N) is 2. The summed E-state index contributed by atoms with van der Waals surface area (Å²) in [5.41, 5.74) is 4.19. The van der Waals surface area contributed by atoms with Gasteiger partial charge >= 0.3 is 0 Å². The van der Waals surface area contributed by atoms with Crippen LogP contribution in [0.3, 0.4) is 0 Å². The Morgan fingerprint density at radius 1 is 1.42 bits per heavy atom. The highest BCUT2D eigenvalue weighted by atomic mass is 32.1. The van der Waals surface area contributed by atoms with Crippen molar-refractivity contribution in [1.29, 1.82) is 0 Å². The Hall–Kier alpha value is -1.44. The number of carbonyl (C=O) groups is 2. The van der Waals surface area contributed by atoms with E-state index < -0.39 is 5.54 Å². The number of nitrogens with zero attached hydrogens (tertiary/aromatic N) is 1. The van der Waals surface area contributed by atoms with Crippen LogP contribution in [0.15, 0.2) is 17.5 Å². The maximum Gasteiger partial charge on any atom is 0.279 e. The number of hydrogen-bond donors (Lipinski definition) is 3. The van der Waals surface area contributed by atoms with Gasteiger partial charge in [0.25, 0.3) is 11.8 Å². The molecule has 0 aliphatic carbocycles. The molecule has 0 saturated carbocycles. The molecule has 106 valence electrons. The minimum atomic E-state index is -0.491. The van der Waals surface area contributed by atoms with Gasteiger partial charge in [-0.15, -0.1) is 11.3 Å². The van der Waals surface area contributed by atoms with Crippen LogP contribution < -0.4 is 10.9 Å². The Labute approximate surface area is 116 Å². The largest absolute Gasteiger partial charge is 0.394 e. The first kappa shape index (κ1) is 15.6. The van der Waals surface area contributed by atoms with Gasteiger partial charge in [0.05, 0.1) is 18.0 Å². The molecule has 0 spiro atoms. The molecule has 19 heavy (non-hydrogen) atoms. The highest BCUT2D eigenvalue weighted by Gasteiger charge is 2.24. The zero-order valence-corrected chi connectivity index (χ0v) is 12.1. The van der Waals surface area contributed by atoms with Crippen molar-refractivity contribution >= 4 is 23.2 Å². The Balaban J connectivity index is 2.38. The molecule has 1 rings (SSSR count). The van der Waals surface area contributed by atoms with Crippen molar-refractivity contribution in [2.45, 2.75) is 19.4 Å². The first-order valence-corrected chi connectivity index (χ1v) is 6.69. The lowest BCUT2D eigenvalue weighted by molar-refractivity contribution is -0.124. The molecule has 0 unspecified atom stereocenters. The predicted octanol–water partition coefficient (Wildman–Crippen LogP) is 0.212. The fourth-order valence-corrected chi connectivity index (χ4v) is 1.80. The number of likely N-dealkylation sites (N-methyl/N-ethyl adjacent to an activating group) is 1. The maximum atomic E-state index is 11.6. The van der Waals surface area contributed by atoms with Gasteiger partial charge in [0.2, 0.25) is 0 Å². The third-order valence-corrected chi connectivity index (χ3v) is 3.73. The average molecular weight is 285 g/mol. The second-order valence-electron chi connectivity index (χ2n) is 4.81. The molecular formula is C12H19N3O3S. The van der Waals surface area contributed by atoms with Crippen LogP contribution in [0, 0.1) is 0 Å². The van der Waals surface area contributed by atoms with Crippen LogP contribution in [0.5, 0.6) is 0 Å². The third-order valence-electron chi connectivity index (χ3n) is 2.86. The van der Waals surface area contributed by atoms with Crippen LogP contribution in [-0.2, 0) is 4.79 Å². The molecule has 6 nitrogen and oxygen atoms in total. The van der Waals surface area contributed by atoms with E-state index in [1.165, 1.54) is 11.3 Å². The SMILES string of the molecule is CN(CC(=O)NNC(=O)c1cccs1)C(C)(C)CO. The van der Waals surface area contributed by atoms with E-state index in [9.17, 15) is 14.7 Å². The monoisotopic (exact) mass is 285 g/mol. The lowest BCUT2D eigenvalue weighted by atomic mass is 10.1. The summed E-state index contributed by atoms with van der Waals surface area (Å²) in [7, 11) is 1.73. The molecule has 0 aliphatic rings. The van der Waals surface area contributed by atoms with Gasteiger partial charge in [0, 0.05) is 5.54 Å². The average Bonchev–Trinajstić information content (AvgIpc) is 2.89. The van der Waals surface area contributed by atoms with E-state index in [1.807, 2.05) is 13.8 Å². The summed E-state index contributed by atoms with van der Waals surface area (Å²) in [5, 5.41) is 11.0. The van der Waals surface area contributed by atoms with Crippen molar-refractivity contribution in [1.82, 2.24) is 15.8 Å². The summed E-state index contributed by atoms with van der Waals surface area (Å²) in [4.78, 5) is 25.5. The van der Waals surface area contributed by atoms with E-state index in [4.69, 9.17) is 0 Å². The molecule has 1 aromatic heterocycles. The molecule has 0 fully saturated rings. The van der Waals surface area contributed by atoms with Gasteiger partial charge in [-0.05, 0) is 32.3 Å². The zero-order chi connectivity index (χ0) is 14.5. The van der Waals surface area contributed by atoms with Gasteiger partial charge in [-0.3, -0.25) is 25.3 Å². The van der Waals surface area contributed by atoms with Gasteiger partial charge in [-0.2, -0.15) is 0 Å². The van der Waals surface area contributed by atoms with Gasteiger partial charge in [-0.1, -0.05) is 6.07 Å². The van der Waals surface area contributed by atoms with Crippen LogP contribution in [0.4, 0.5) is 0 Å². The maximum absolute atomic E-state index is 11.6. The lowest BCUT2D eigenvalue weighted by Gasteiger charge is -2.33. The molecule has 7 heteroatoms. The summed E-state index contributed by atoms with van der Waals surface area (Å²) < 4.78 is 0. The molecule has 0 bridgehead atoms. The fraction of sp³-hybridized carbons (Fsp3) is 0.500. The van der Waals surface area contributed by atoms with E-state index in [0.717, 1.165) is 0 Å². The van der Waals surface area contributed by atoms with E-state index in [2.05, 4.69) is 10.9 Å². The van der Waals surface area contributed by atoms with E-state index >= 15 is 0 Å². The van der Waals surface area contributed by atoms with Crippen LogP contribution in [-0.4, -0.2) is 47.6 Å². The molecule has 0 aliphatic heterocycles. The number of amides is 2. The zero-order valence-electron chi connectivity index (χ0n) is 11.3. The summed E-state index contributed by atoms with van der Waals surface area (Å²) in [6, 6.07) is 3.44. The van der Waals surface area contributed by atoms with Crippen LogP contribution in [0.1, 0.15) is 23.5 Å². The van der Waals surface area contributed by atoms with E-state index in [-0.39, 0.29) is 25.0 Å². The molecule has 2 amide bonds. The summed E-state index contributed by atoms with van der Waals surface area (Å²) >= 11 is 1.30. The third kappa shape index (κ3) is 4.62. The summed E-state index contributed by atoms with van der Waals surface area (Å²) in [6.45, 7) is 3.67. The molecule has 0 radical (unpaired) electrons. The van der Waals surface area contributed by atoms with E-state index in [1.54, 1.807) is 29.5 Å². The summed E-state index contributed by atoms with van der Waals surface area (Å²) in [6.07, 6.45) is 0. The molecule has 1 aromatic rings. The smallest absolute Gasteiger partial charge is 0.279 e. The number of rotatable bonds is 5. The minimum Gasteiger partial charge on any atom is -0.394 e. The highest BCUT2D eigenvalue weighted by molar-refractivity contribution is 7.12. The Morgan fingerprint density at radius 2 is 2.11 bits per heavy atom. The topological polar surface area (TPSA) is 81.7 Å². The van der Waals surface area contributed by atoms with Gasteiger partial charge in [-0.25, -0.2) is 0 Å². The molecule has 0 atom stereocenters. The second kappa shape index (κ2) is 6.65. The number of hydrazine groups is 1. The quantitative estimate of drug-likeness (QED) is 0.676. The molecule has 1 heterocycles. The summed E-state index contributed by atoms with van der Waals surface area (Å²) in [5.74, 6) is -0.679. The molecule has 3 N–H and O–H groups in total. The Morgan fingerprint density at radius 3 is 2.63 bits per heavy atom. The predicted molar refractivity (Wildman–Crippen MR) is 73.7 cm³/mol. The van der Waals surface area contributed by atoms with E-state index in [0.29, 0.717) is 4.88 Å². The van der Waals surface area contributed by atoms with Crippen molar-refractivity contribution in [2.75, 3.05) is 20.2 Å². The fourth-order valence-electron chi connectivity index (χ4n) is 1.19. The van der Waals surface area contributed by atoms with Gasteiger partial charge in [0.15, 0.2) is 0 Å². The van der Waals surface area contributed by atoms with Crippen molar-refractivity contribution in [3.63, 3.8) is 0 Å². The molecule has 0 saturated heterocycles. The number of hydrogen-bond acceptors (Lipinski definition) is 5. The molecule has 0 aromatic carbocycles. The highest BCUT2D eigenvalue weighted by Crippen LogP contribution is 2.10. The number of carbonyl (C=O) groups excluding carboxylic acids is 2. The van der Waals surface area contributed by atoms with Crippen molar-refractivity contribution < 1.29 is 14.7 Å². The van der Waals surface area contributed by atoms with Crippen LogP contribution in [0.25, 0.3) is 0 Å². The van der Waals surface area contributed by atoms with Crippen molar-refractivity contribution in [3.05, 3.63) is 22.4 Å². The first-order valence-electron chi connectivity index (χ1n) is 5.81. The lowest BCUT2D eigenvalue weighted by Crippen LogP contribution is -2.51. The van der Waals surface area contributed by atoms with Crippen molar-refractivity contribution in [2.24, 2.45) is 0 Å². The second-order valence-corrected chi connectivity index (χ2v) is 5.75. The van der Waals surface area contributed by atoms with Crippen LogP contribution in [0.2, 0.25) is 0 Å². The van der Waals surface area contributed by atoms with Gasteiger partial charge < -0.3 is 5.11 Å². The number of thiophene rings is 1. The minimum absolute atomic E-state index is 0.0572. The van der Waals surface area contributed by atoms with Gasteiger partial charge in [0.1, 0.15) is 0 Å². The standard InChI is InChI=1S/C12H19N3O3S/c1-12(2,8-16)15(3)7-10(17)13-14-11(18)9-5-4-6-19-9/h4-6,16H,7-8H2,1-3H3,(H,13,17)(H,14,18).